The number of nitro benzene ring substituents is 1. The summed E-state index contributed by atoms with van der Waals surface area (Å²) in [5.74, 6) is -0.695. The highest BCUT2D eigenvalue weighted by molar-refractivity contribution is 5.96. The minimum Gasteiger partial charge on any atom is -0.490 e. The van der Waals surface area contributed by atoms with Crippen LogP contribution in [-0.2, 0) is 9.53 Å². The molecular formula is C19H18N2O6. The Morgan fingerprint density at radius 1 is 1.22 bits per heavy atom. The number of non-ortho nitro benzene ring substituents is 1. The van der Waals surface area contributed by atoms with Gasteiger partial charge in [-0.05, 0) is 36.8 Å². The molecule has 8 heteroatoms. The molecule has 2 rings (SSSR count). The van der Waals surface area contributed by atoms with Crippen LogP contribution in [0.3, 0.4) is 0 Å². The van der Waals surface area contributed by atoms with Crippen LogP contribution in [0.15, 0.2) is 55.1 Å². The summed E-state index contributed by atoms with van der Waals surface area (Å²) in [4.78, 5) is 34.2. The predicted octanol–water partition coefficient (Wildman–Crippen LogP) is 3.26. The molecule has 27 heavy (non-hydrogen) atoms. The third-order valence-corrected chi connectivity index (χ3v) is 3.50. The summed E-state index contributed by atoms with van der Waals surface area (Å²) in [5, 5.41) is 13.3. The van der Waals surface area contributed by atoms with Crippen LogP contribution < -0.4 is 10.1 Å². The van der Waals surface area contributed by atoms with Crippen LogP contribution in [0.5, 0.6) is 5.75 Å². The average molecular weight is 370 g/mol. The van der Waals surface area contributed by atoms with Gasteiger partial charge in [-0.2, -0.15) is 0 Å². The minimum atomic E-state index is -0.670. The number of amides is 1. The maximum atomic E-state index is 12.0. The highest BCUT2D eigenvalue weighted by atomic mass is 16.6. The highest BCUT2D eigenvalue weighted by Gasteiger charge is 2.13. The second-order valence-corrected chi connectivity index (χ2v) is 5.50. The number of hydrogen-bond donors (Lipinski definition) is 1. The Labute approximate surface area is 155 Å². The van der Waals surface area contributed by atoms with Crippen LogP contribution in [0.1, 0.15) is 15.9 Å². The molecule has 8 nitrogen and oxygen atoms in total. The van der Waals surface area contributed by atoms with E-state index in [1.165, 1.54) is 30.3 Å². The molecule has 140 valence electrons. The van der Waals surface area contributed by atoms with Gasteiger partial charge in [-0.3, -0.25) is 14.9 Å². The van der Waals surface area contributed by atoms with Crippen LogP contribution in [0.4, 0.5) is 11.4 Å². The molecule has 0 spiro atoms. The van der Waals surface area contributed by atoms with Crippen molar-refractivity contribution in [3.05, 3.63) is 76.4 Å². The maximum absolute atomic E-state index is 12.0. The maximum Gasteiger partial charge on any atom is 0.338 e. The van der Waals surface area contributed by atoms with Crippen LogP contribution in [0, 0.1) is 17.0 Å². The number of ether oxygens (including phenoxy) is 2. The second kappa shape index (κ2) is 9.14. The molecule has 2 aromatic rings. The van der Waals surface area contributed by atoms with Crippen LogP contribution in [0.25, 0.3) is 0 Å². The number of nitrogens with zero attached hydrogens (tertiary/aromatic N) is 1. The summed E-state index contributed by atoms with van der Waals surface area (Å²) in [6.45, 7) is 5.07. The average Bonchev–Trinajstić information content (AvgIpc) is 2.66. The van der Waals surface area contributed by atoms with Gasteiger partial charge in [-0.25, -0.2) is 4.79 Å². The molecule has 0 heterocycles. The van der Waals surface area contributed by atoms with E-state index in [0.717, 1.165) is 0 Å². The number of benzene rings is 2. The quantitative estimate of drug-likeness (QED) is 0.331. The third-order valence-electron chi connectivity index (χ3n) is 3.50. The van der Waals surface area contributed by atoms with Crippen molar-refractivity contribution in [3.8, 4) is 5.75 Å². The Morgan fingerprint density at radius 2 is 1.93 bits per heavy atom. The molecule has 0 bridgehead atoms. The van der Waals surface area contributed by atoms with Crippen molar-refractivity contribution in [2.24, 2.45) is 0 Å². The van der Waals surface area contributed by atoms with Gasteiger partial charge in [0.2, 0.25) is 0 Å². The van der Waals surface area contributed by atoms with E-state index in [2.05, 4.69) is 11.9 Å². The van der Waals surface area contributed by atoms with E-state index in [1.54, 1.807) is 25.1 Å². The molecule has 1 amide bonds. The molecule has 0 aliphatic heterocycles. The zero-order valence-corrected chi connectivity index (χ0v) is 14.6. The standard InChI is InChI=1S/C19H18N2O6/c1-3-10-26-16-8-5-14(6-9-16)19(23)27-12-18(22)20-17-11-15(21(24)25)7-4-13(17)2/h3-9,11H,1,10,12H2,2H3,(H,20,22). The number of nitro groups is 1. The Kier molecular flexibility index (Phi) is 6.65. The van der Waals surface area contributed by atoms with Crippen LogP contribution >= 0.6 is 0 Å². The van der Waals surface area contributed by atoms with Crippen molar-refractivity contribution >= 4 is 23.3 Å². The van der Waals surface area contributed by atoms with Gasteiger partial charge in [-0.15, -0.1) is 0 Å². The topological polar surface area (TPSA) is 108 Å². The van der Waals surface area contributed by atoms with Crippen LogP contribution in [-0.4, -0.2) is 30.0 Å². The van der Waals surface area contributed by atoms with Crippen LogP contribution in [0.2, 0.25) is 0 Å². The van der Waals surface area contributed by atoms with Gasteiger partial charge < -0.3 is 14.8 Å². The number of nitrogens with one attached hydrogen (secondary N) is 1. The Bertz CT molecular complexity index is 861. The number of carbonyl (C=O) groups excluding carboxylic acids is 2. The largest absolute Gasteiger partial charge is 0.490 e. The molecule has 0 aliphatic carbocycles. The van der Waals surface area contributed by atoms with Crippen molar-refractivity contribution < 1.29 is 24.0 Å². The second-order valence-electron chi connectivity index (χ2n) is 5.50. The smallest absolute Gasteiger partial charge is 0.338 e. The lowest BCUT2D eigenvalue weighted by molar-refractivity contribution is -0.384. The molecule has 0 aliphatic rings. The first-order chi connectivity index (χ1) is 12.9. The van der Waals surface area contributed by atoms with E-state index in [4.69, 9.17) is 9.47 Å². The van der Waals surface area contributed by atoms with E-state index in [-0.39, 0.29) is 16.9 Å². The SMILES string of the molecule is C=CCOc1ccc(C(=O)OCC(=O)Nc2cc([N+](=O)[O-])ccc2C)cc1. The predicted molar refractivity (Wildman–Crippen MR) is 98.9 cm³/mol. The Morgan fingerprint density at radius 3 is 2.56 bits per heavy atom. The minimum absolute atomic E-state index is 0.147. The molecule has 0 saturated heterocycles. The van der Waals surface area contributed by atoms with Gasteiger partial charge in [0.15, 0.2) is 6.61 Å². The molecule has 0 fully saturated rings. The number of aryl methyl sites for hydroxylation is 1. The third kappa shape index (κ3) is 5.67. The zero-order valence-electron chi connectivity index (χ0n) is 14.6. The summed E-state index contributed by atoms with van der Waals surface area (Å²) in [5.41, 5.74) is 1.05. The zero-order chi connectivity index (χ0) is 19.8. The monoisotopic (exact) mass is 370 g/mol. The summed E-state index contributed by atoms with van der Waals surface area (Å²) in [7, 11) is 0. The number of rotatable bonds is 8. The Balaban J connectivity index is 1.91. The first kappa shape index (κ1) is 19.6. The first-order valence-corrected chi connectivity index (χ1v) is 7.96. The molecule has 0 atom stereocenters. The summed E-state index contributed by atoms with van der Waals surface area (Å²) in [6.07, 6.45) is 1.60. The highest BCUT2D eigenvalue weighted by Crippen LogP contribution is 2.21. The van der Waals surface area contributed by atoms with E-state index < -0.39 is 23.4 Å². The van der Waals surface area contributed by atoms with E-state index in [0.29, 0.717) is 17.9 Å². The Hall–Kier alpha value is -3.68. The summed E-state index contributed by atoms with van der Waals surface area (Å²) in [6, 6.07) is 10.4. The van der Waals surface area contributed by atoms with Gasteiger partial charge in [0.1, 0.15) is 12.4 Å². The normalized spacial score (nSPS) is 9.96. The van der Waals surface area contributed by atoms with Gasteiger partial charge in [0.25, 0.3) is 11.6 Å². The van der Waals surface area contributed by atoms with Gasteiger partial charge in [0, 0.05) is 12.1 Å². The van der Waals surface area contributed by atoms with Gasteiger partial charge >= 0.3 is 5.97 Å². The molecule has 0 radical (unpaired) electrons. The molecule has 1 N–H and O–H groups in total. The fourth-order valence-electron chi connectivity index (χ4n) is 2.10. The van der Waals surface area contributed by atoms with Crippen molar-refractivity contribution in [1.29, 1.82) is 0 Å². The number of carbonyl (C=O) groups is 2. The fourth-order valence-corrected chi connectivity index (χ4v) is 2.10. The lowest BCUT2D eigenvalue weighted by atomic mass is 10.2. The van der Waals surface area contributed by atoms with Crippen molar-refractivity contribution in [1.82, 2.24) is 0 Å². The molecular weight excluding hydrogens is 352 g/mol. The molecule has 0 aromatic heterocycles. The number of esters is 1. The molecule has 0 saturated carbocycles. The van der Waals surface area contributed by atoms with Gasteiger partial charge in [-0.1, -0.05) is 18.7 Å². The number of anilines is 1. The fraction of sp³-hybridized carbons (Fsp3) is 0.158. The molecule has 2 aromatic carbocycles. The van der Waals surface area contributed by atoms with E-state index in [1.807, 2.05) is 0 Å². The number of hydrogen-bond acceptors (Lipinski definition) is 6. The molecule has 0 unspecified atom stereocenters. The van der Waals surface area contributed by atoms with Crippen molar-refractivity contribution in [2.45, 2.75) is 6.92 Å². The van der Waals surface area contributed by atoms with E-state index >= 15 is 0 Å². The summed E-state index contributed by atoms with van der Waals surface area (Å²) >= 11 is 0. The first-order valence-electron chi connectivity index (χ1n) is 7.96. The van der Waals surface area contributed by atoms with Crippen molar-refractivity contribution in [3.63, 3.8) is 0 Å². The van der Waals surface area contributed by atoms with Gasteiger partial charge in [0.05, 0.1) is 16.2 Å². The summed E-state index contributed by atoms with van der Waals surface area (Å²) < 4.78 is 10.3. The van der Waals surface area contributed by atoms with Crippen molar-refractivity contribution in [2.75, 3.05) is 18.5 Å². The lowest BCUT2D eigenvalue weighted by Crippen LogP contribution is -2.21. The lowest BCUT2D eigenvalue weighted by Gasteiger charge is -2.09. The van der Waals surface area contributed by atoms with E-state index in [9.17, 15) is 19.7 Å².